The second kappa shape index (κ2) is 8.90. The molecule has 168 valence electrons. The van der Waals surface area contributed by atoms with Crippen molar-refractivity contribution in [3.63, 3.8) is 0 Å². The standard InChI is InChI=1S/C25H26N6O2/c1-26-24(32)12-17-6-9-30(10-7-17)25(33)21-15-28-31-11-8-19(13-23(21)31)29-22-16-27-14-18-4-2-3-5-20(18)22/h2-5,8,11,13-17,29H,6-7,9-10,12H2,1H3,(H,26,32). The molecule has 0 saturated carbocycles. The van der Waals surface area contributed by atoms with Gasteiger partial charge < -0.3 is 15.5 Å². The molecule has 0 radical (unpaired) electrons. The van der Waals surface area contributed by atoms with Crippen LogP contribution in [0.2, 0.25) is 0 Å². The highest BCUT2D eigenvalue weighted by molar-refractivity contribution is 6.01. The first-order valence-corrected chi connectivity index (χ1v) is 11.2. The molecule has 0 unspecified atom stereocenters. The van der Waals surface area contributed by atoms with Crippen molar-refractivity contribution in [1.29, 1.82) is 0 Å². The van der Waals surface area contributed by atoms with Crippen LogP contribution in [0.25, 0.3) is 16.3 Å². The Morgan fingerprint density at radius 1 is 1.09 bits per heavy atom. The molecule has 4 heterocycles. The van der Waals surface area contributed by atoms with E-state index >= 15 is 0 Å². The lowest BCUT2D eigenvalue weighted by Crippen LogP contribution is -2.39. The van der Waals surface area contributed by atoms with Crippen LogP contribution >= 0.6 is 0 Å². The van der Waals surface area contributed by atoms with Crippen molar-refractivity contribution in [2.45, 2.75) is 19.3 Å². The highest BCUT2D eigenvalue weighted by Crippen LogP contribution is 2.27. The first-order chi connectivity index (χ1) is 16.1. The minimum Gasteiger partial charge on any atom is -0.359 e. The van der Waals surface area contributed by atoms with Gasteiger partial charge in [-0.3, -0.25) is 14.6 Å². The Morgan fingerprint density at radius 2 is 1.91 bits per heavy atom. The number of rotatable bonds is 5. The van der Waals surface area contributed by atoms with Crippen LogP contribution < -0.4 is 10.6 Å². The van der Waals surface area contributed by atoms with E-state index in [4.69, 9.17) is 0 Å². The number of fused-ring (bicyclic) bond motifs is 2. The van der Waals surface area contributed by atoms with E-state index in [-0.39, 0.29) is 11.8 Å². The molecule has 1 aromatic carbocycles. The molecule has 8 heteroatoms. The van der Waals surface area contributed by atoms with Crippen LogP contribution in [0.1, 0.15) is 29.6 Å². The minimum atomic E-state index is -0.0210. The Bertz CT molecular complexity index is 1320. The third-order valence-corrected chi connectivity index (χ3v) is 6.35. The average molecular weight is 443 g/mol. The smallest absolute Gasteiger partial charge is 0.257 e. The fraction of sp³-hybridized carbons (Fsp3) is 0.280. The van der Waals surface area contributed by atoms with Crippen molar-refractivity contribution in [2.24, 2.45) is 5.92 Å². The summed E-state index contributed by atoms with van der Waals surface area (Å²) >= 11 is 0. The van der Waals surface area contributed by atoms with Gasteiger partial charge in [-0.25, -0.2) is 4.52 Å². The number of aromatic nitrogens is 3. The number of likely N-dealkylation sites (tertiary alicyclic amines) is 1. The van der Waals surface area contributed by atoms with E-state index in [9.17, 15) is 9.59 Å². The number of amides is 2. The minimum absolute atomic E-state index is 0.0210. The number of carbonyl (C=O) groups excluding carboxylic acids is 2. The third kappa shape index (κ3) is 4.24. The van der Waals surface area contributed by atoms with Crippen molar-refractivity contribution in [2.75, 3.05) is 25.5 Å². The summed E-state index contributed by atoms with van der Waals surface area (Å²) in [6.45, 7) is 1.30. The fourth-order valence-corrected chi connectivity index (χ4v) is 4.47. The largest absolute Gasteiger partial charge is 0.359 e. The monoisotopic (exact) mass is 442 g/mol. The lowest BCUT2D eigenvalue weighted by Gasteiger charge is -2.31. The Labute approximate surface area is 191 Å². The summed E-state index contributed by atoms with van der Waals surface area (Å²) in [5, 5.41) is 12.6. The van der Waals surface area contributed by atoms with Crippen LogP contribution in [0.5, 0.6) is 0 Å². The zero-order chi connectivity index (χ0) is 22.8. The molecule has 3 aromatic heterocycles. The molecule has 4 aromatic rings. The van der Waals surface area contributed by atoms with E-state index in [1.54, 1.807) is 24.0 Å². The molecule has 1 aliphatic heterocycles. The van der Waals surface area contributed by atoms with Gasteiger partial charge in [0.05, 0.1) is 29.2 Å². The molecule has 0 bridgehead atoms. The molecular formula is C25H26N6O2. The molecule has 8 nitrogen and oxygen atoms in total. The Balaban J connectivity index is 1.35. The molecule has 0 spiro atoms. The molecular weight excluding hydrogens is 416 g/mol. The van der Waals surface area contributed by atoms with Crippen molar-refractivity contribution >= 4 is 39.5 Å². The fourth-order valence-electron chi connectivity index (χ4n) is 4.47. The lowest BCUT2D eigenvalue weighted by molar-refractivity contribution is -0.121. The molecule has 1 fully saturated rings. The van der Waals surface area contributed by atoms with Crippen LogP contribution in [-0.2, 0) is 4.79 Å². The number of piperidine rings is 1. The number of carbonyl (C=O) groups is 2. The second-order valence-electron chi connectivity index (χ2n) is 8.45. The van der Waals surface area contributed by atoms with Gasteiger partial charge in [0.25, 0.3) is 5.91 Å². The van der Waals surface area contributed by atoms with E-state index in [2.05, 4.69) is 26.8 Å². The molecule has 5 rings (SSSR count). The predicted molar refractivity (Wildman–Crippen MR) is 128 cm³/mol. The van der Waals surface area contributed by atoms with Gasteiger partial charge in [0.15, 0.2) is 0 Å². The quantitative estimate of drug-likeness (QED) is 0.493. The van der Waals surface area contributed by atoms with Gasteiger partial charge in [-0.1, -0.05) is 24.3 Å². The van der Waals surface area contributed by atoms with Gasteiger partial charge in [-0.15, -0.1) is 0 Å². The number of anilines is 2. The molecule has 1 saturated heterocycles. The first-order valence-electron chi connectivity index (χ1n) is 11.2. The summed E-state index contributed by atoms with van der Waals surface area (Å²) in [5.41, 5.74) is 3.10. The Morgan fingerprint density at radius 3 is 2.73 bits per heavy atom. The van der Waals surface area contributed by atoms with E-state index in [0.717, 1.165) is 40.5 Å². The summed E-state index contributed by atoms with van der Waals surface area (Å²) in [4.78, 5) is 31.1. The highest BCUT2D eigenvalue weighted by atomic mass is 16.2. The van der Waals surface area contributed by atoms with Crippen LogP contribution in [0, 0.1) is 5.92 Å². The number of hydrogen-bond donors (Lipinski definition) is 2. The SMILES string of the molecule is CNC(=O)CC1CCN(C(=O)c2cnn3ccc(Nc4cncc5ccccc45)cc23)CC1. The number of nitrogens with one attached hydrogen (secondary N) is 2. The van der Waals surface area contributed by atoms with Gasteiger partial charge in [-0.05, 0) is 30.9 Å². The maximum atomic E-state index is 13.3. The van der Waals surface area contributed by atoms with Gasteiger partial charge in [-0.2, -0.15) is 5.10 Å². The molecule has 1 aliphatic rings. The number of hydrogen-bond acceptors (Lipinski definition) is 5. The average Bonchev–Trinajstić information content (AvgIpc) is 3.27. The molecule has 2 N–H and O–H groups in total. The zero-order valence-corrected chi connectivity index (χ0v) is 18.5. The second-order valence-corrected chi connectivity index (χ2v) is 8.45. The summed E-state index contributed by atoms with van der Waals surface area (Å²) < 4.78 is 1.72. The summed E-state index contributed by atoms with van der Waals surface area (Å²) in [6, 6.07) is 12.0. The Kier molecular flexibility index (Phi) is 5.64. The van der Waals surface area contributed by atoms with E-state index in [1.165, 1.54) is 0 Å². The van der Waals surface area contributed by atoms with E-state index < -0.39 is 0 Å². The van der Waals surface area contributed by atoms with Gasteiger partial charge in [0.2, 0.25) is 5.91 Å². The summed E-state index contributed by atoms with van der Waals surface area (Å²) in [6.07, 6.45) is 9.32. The number of pyridine rings is 2. The topological polar surface area (TPSA) is 91.6 Å². The summed E-state index contributed by atoms with van der Waals surface area (Å²) in [7, 11) is 1.66. The molecule has 2 amide bonds. The third-order valence-electron chi connectivity index (χ3n) is 6.35. The number of nitrogens with zero attached hydrogens (tertiary/aromatic N) is 4. The van der Waals surface area contributed by atoms with Gasteiger partial charge in [0, 0.05) is 55.4 Å². The van der Waals surface area contributed by atoms with E-state index in [0.29, 0.717) is 31.0 Å². The van der Waals surface area contributed by atoms with Crippen molar-refractivity contribution in [3.8, 4) is 0 Å². The molecule has 0 atom stereocenters. The first kappa shape index (κ1) is 20.9. The van der Waals surface area contributed by atoms with Crippen LogP contribution in [0.4, 0.5) is 11.4 Å². The van der Waals surface area contributed by atoms with Crippen LogP contribution in [-0.4, -0.2) is 51.4 Å². The zero-order valence-electron chi connectivity index (χ0n) is 18.5. The maximum Gasteiger partial charge on any atom is 0.257 e. The van der Waals surface area contributed by atoms with Gasteiger partial charge in [0.1, 0.15) is 0 Å². The highest BCUT2D eigenvalue weighted by Gasteiger charge is 2.26. The maximum absolute atomic E-state index is 13.3. The lowest BCUT2D eigenvalue weighted by atomic mass is 9.93. The molecule has 0 aliphatic carbocycles. The predicted octanol–water partition coefficient (Wildman–Crippen LogP) is 3.61. The number of benzene rings is 1. The van der Waals surface area contributed by atoms with Crippen molar-refractivity contribution < 1.29 is 9.59 Å². The van der Waals surface area contributed by atoms with Crippen LogP contribution in [0.15, 0.2) is 61.2 Å². The van der Waals surface area contributed by atoms with Crippen molar-refractivity contribution in [3.05, 3.63) is 66.7 Å². The van der Waals surface area contributed by atoms with Crippen LogP contribution in [0.3, 0.4) is 0 Å². The normalized spacial score (nSPS) is 14.5. The van der Waals surface area contributed by atoms with Gasteiger partial charge >= 0.3 is 0 Å². The summed E-state index contributed by atoms with van der Waals surface area (Å²) in [5.74, 6) is 0.360. The van der Waals surface area contributed by atoms with Crippen molar-refractivity contribution in [1.82, 2.24) is 24.8 Å². The Hall–Kier alpha value is -3.94. The molecule has 33 heavy (non-hydrogen) atoms. The van der Waals surface area contributed by atoms with E-state index in [1.807, 2.05) is 47.6 Å².